The second-order valence-corrected chi connectivity index (χ2v) is 4.21. The van der Waals surface area contributed by atoms with Crippen LogP contribution in [0.25, 0.3) is 0 Å². The van der Waals surface area contributed by atoms with Gasteiger partial charge < -0.3 is 9.80 Å². The molecular formula is C12H26N2O. The van der Waals surface area contributed by atoms with Gasteiger partial charge in [-0.15, -0.1) is 0 Å². The SMILES string of the molecule is CC.CC(C)N1CCCN(C(C)C)C1=O. The van der Waals surface area contributed by atoms with Crippen molar-refractivity contribution in [2.75, 3.05) is 13.1 Å². The molecule has 90 valence electrons. The van der Waals surface area contributed by atoms with E-state index < -0.39 is 0 Å². The maximum atomic E-state index is 11.9. The Hall–Kier alpha value is -0.730. The Kier molecular flexibility index (Phi) is 6.37. The van der Waals surface area contributed by atoms with Crippen LogP contribution < -0.4 is 0 Å². The first-order valence-electron chi connectivity index (χ1n) is 6.11. The number of hydrogen-bond donors (Lipinski definition) is 0. The van der Waals surface area contributed by atoms with Gasteiger partial charge in [-0.2, -0.15) is 0 Å². The van der Waals surface area contributed by atoms with E-state index in [-0.39, 0.29) is 6.03 Å². The number of urea groups is 1. The summed E-state index contributed by atoms with van der Waals surface area (Å²) in [7, 11) is 0. The van der Waals surface area contributed by atoms with E-state index in [2.05, 4.69) is 27.7 Å². The molecule has 0 saturated carbocycles. The lowest BCUT2D eigenvalue weighted by Gasteiger charge is -2.39. The number of carbonyl (C=O) groups is 1. The second-order valence-electron chi connectivity index (χ2n) is 4.21. The fraction of sp³-hybridized carbons (Fsp3) is 0.917. The van der Waals surface area contributed by atoms with Crippen molar-refractivity contribution in [3.63, 3.8) is 0 Å². The standard InChI is InChI=1S/C10H20N2O.C2H6/c1-8(2)11-6-5-7-12(9(3)4)10(11)13;1-2/h8-9H,5-7H2,1-4H3;1-2H3. The van der Waals surface area contributed by atoms with Crippen LogP contribution in [0.5, 0.6) is 0 Å². The molecule has 0 aliphatic carbocycles. The molecule has 1 heterocycles. The number of nitrogens with zero attached hydrogens (tertiary/aromatic N) is 2. The Morgan fingerprint density at radius 3 is 1.53 bits per heavy atom. The summed E-state index contributed by atoms with van der Waals surface area (Å²) in [6.07, 6.45) is 1.10. The lowest BCUT2D eigenvalue weighted by atomic mass is 10.2. The Morgan fingerprint density at radius 2 is 1.27 bits per heavy atom. The van der Waals surface area contributed by atoms with Gasteiger partial charge in [0.25, 0.3) is 0 Å². The lowest BCUT2D eigenvalue weighted by Crippen LogP contribution is -2.53. The minimum Gasteiger partial charge on any atom is -0.322 e. The molecule has 0 aromatic rings. The molecule has 0 radical (unpaired) electrons. The molecule has 1 aliphatic rings. The van der Waals surface area contributed by atoms with Gasteiger partial charge in [-0.05, 0) is 34.1 Å². The molecule has 1 aliphatic heterocycles. The monoisotopic (exact) mass is 214 g/mol. The highest BCUT2D eigenvalue weighted by atomic mass is 16.2. The quantitative estimate of drug-likeness (QED) is 0.693. The predicted molar refractivity (Wildman–Crippen MR) is 65.0 cm³/mol. The second kappa shape index (κ2) is 6.70. The number of carbonyl (C=O) groups excluding carboxylic acids is 1. The fourth-order valence-electron chi connectivity index (χ4n) is 1.73. The van der Waals surface area contributed by atoms with E-state index in [0.29, 0.717) is 12.1 Å². The molecule has 2 amide bonds. The summed E-state index contributed by atoms with van der Waals surface area (Å²) in [5, 5.41) is 0. The predicted octanol–water partition coefficient (Wildman–Crippen LogP) is 2.96. The zero-order valence-electron chi connectivity index (χ0n) is 11.1. The Morgan fingerprint density at radius 1 is 0.933 bits per heavy atom. The van der Waals surface area contributed by atoms with Crippen LogP contribution in [0.2, 0.25) is 0 Å². The summed E-state index contributed by atoms with van der Waals surface area (Å²) in [6, 6.07) is 0.861. The maximum absolute atomic E-state index is 11.9. The van der Waals surface area contributed by atoms with Crippen LogP contribution in [0, 0.1) is 0 Å². The van der Waals surface area contributed by atoms with Crippen molar-refractivity contribution in [3.8, 4) is 0 Å². The molecule has 0 aromatic heterocycles. The maximum Gasteiger partial charge on any atom is 0.320 e. The first-order valence-corrected chi connectivity index (χ1v) is 6.11. The van der Waals surface area contributed by atoms with Gasteiger partial charge in [-0.25, -0.2) is 4.79 Å². The van der Waals surface area contributed by atoms with Gasteiger partial charge in [0.05, 0.1) is 0 Å². The third-order valence-corrected chi connectivity index (χ3v) is 2.54. The fourth-order valence-corrected chi connectivity index (χ4v) is 1.73. The summed E-state index contributed by atoms with van der Waals surface area (Å²) in [6.45, 7) is 14.1. The zero-order valence-corrected chi connectivity index (χ0v) is 11.1. The first-order chi connectivity index (χ1) is 7.04. The van der Waals surface area contributed by atoms with Crippen LogP contribution >= 0.6 is 0 Å². The van der Waals surface area contributed by atoms with Gasteiger partial charge in [0.15, 0.2) is 0 Å². The zero-order chi connectivity index (χ0) is 12.0. The van der Waals surface area contributed by atoms with E-state index in [0.717, 1.165) is 19.5 Å². The van der Waals surface area contributed by atoms with Gasteiger partial charge in [-0.3, -0.25) is 0 Å². The highest BCUT2D eigenvalue weighted by molar-refractivity contribution is 5.75. The van der Waals surface area contributed by atoms with Crippen LogP contribution in [-0.4, -0.2) is 41.0 Å². The van der Waals surface area contributed by atoms with Crippen LogP contribution in [0.3, 0.4) is 0 Å². The van der Waals surface area contributed by atoms with E-state index in [4.69, 9.17) is 0 Å². The minimum absolute atomic E-state index is 0.205. The van der Waals surface area contributed by atoms with E-state index in [1.165, 1.54) is 0 Å². The van der Waals surface area contributed by atoms with Crippen molar-refractivity contribution in [1.82, 2.24) is 9.80 Å². The third-order valence-electron chi connectivity index (χ3n) is 2.54. The summed E-state index contributed by atoms with van der Waals surface area (Å²) in [5.74, 6) is 0. The van der Waals surface area contributed by atoms with Crippen LogP contribution in [0.1, 0.15) is 48.0 Å². The lowest BCUT2D eigenvalue weighted by molar-refractivity contribution is 0.103. The minimum atomic E-state index is 0.205. The van der Waals surface area contributed by atoms with E-state index >= 15 is 0 Å². The van der Waals surface area contributed by atoms with Gasteiger partial charge in [0, 0.05) is 25.2 Å². The summed E-state index contributed by atoms with van der Waals surface area (Å²) < 4.78 is 0. The molecular weight excluding hydrogens is 188 g/mol. The average molecular weight is 214 g/mol. The molecule has 3 heteroatoms. The normalized spacial score (nSPS) is 16.9. The molecule has 1 rings (SSSR count). The van der Waals surface area contributed by atoms with Crippen LogP contribution in [-0.2, 0) is 0 Å². The van der Waals surface area contributed by atoms with Crippen molar-refractivity contribution < 1.29 is 4.79 Å². The molecule has 3 nitrogen and oxygen atoms in total. The average Bonchev–Trinajstić information content (AvgIpc) is 2.20. The molecule has 1 fully saturated rings. The smallest absolute Gasteiger partial charge is 0.320 e. The van der Waals surface area contributed by atoms with E-state index in [9.17, 15) is 4.79 Å². The highest BCUT2D eigenvalue weighted by Gasteiger charge is 2.28. The van der Waals surface area contributed by atoms with Crippen LogP contribution in [0.4, 0.5) is 4.79 Å². The van der Waals surface area contributed by atoms with Gasteiger partial charge >= 0.3 is 6.03 Å². The van der Waals surface area contributed by atoms with Crippen molar-refractivity contribution in [2.45, 2.75) is 60.0 Å². The number of rotatable bonds is 2. The molecule has 0 bridgehead atoms. The van der Waals surface area contributed by atoms with Crippen molar-refractivity contribution in [3.05, 3.63) is 0 Å². The largest absolute Gasteiger partial charge is 0.322 e. The number of amides is 2. The molecule has 0 N–H and O–H groups in total. The third kappa shape index (κ3) is 3.73. The topological polar surface area (TPSA) is 23.6 Å². The van der Waals surface area contributed by atoms with Gasteiger partial charge in [0.2, 0.25) is 0 Å². The van der Waals surface area contributed by atoms with Crippen molar-refractivity contribution >= 4 is 6.03 Å². The van der Waals surface area contributed by atoms with Gasteiger partial charge in [-0.1, -0.05) is 13.8 Å². The van der Waals surface area contributed by atoms with Crippen LogP contribution in [0.15, 0.2) is 0 Å². The number of hydrogen-bond acceptors (Lipinski definition) is 1. The Balaban J connectivity index is 0.000000921. The molecule has 0 unspecified atom stereocenters. The molecule has 0 atom stereocenters. The summed E-state index contributed by atoms with van der Waals surface area (Å²) in [4.78, 5) is 15.8. The van der Waals surface area contributed by atoms with E-state index in [1.54, 1.807) is 0 Å². The molecule has 15 heavy (non-hydrogen) atoms. The van der Waals surface area contributed by atoms with Gasteiger partial charge in [0.1, 0.15) is 0 Å². The van der Waals surface area contributed by atoms with E-state index in [1.807, 2.05) is 23.6 Å². The first kappa shape index (κ1) is 14.3. The molecule has 0 spiro atoms. The molecule has 0 aromatic carbocycles. The van der Waals surface area contributed by atoms with Crippen molar-refractivity contribution in [2.24, 2.45) is 0 Å². The van der Waals surface area contributed by atoms with Crippen molar-refractivity contribution in [1.29, 1.82) is 0 Å². The molecule has 1 saturated heterocycles. The summed E-state index contributed by atoms with van der Waals surface area (Å²) in [5.41, 5.74) is 0. The summed E-state index contributed by atoms with van der Waals surface area (Å²) >= 11 is 0. The Labute approximate surface area is 94.4 Å². The Bertz CT molecular complexity index is 172. The highest BCUT2D eigenvalue weighted by Crippen LogP contribution is 2.14.